The van der Waals surface area contributed by atoms with Crippen LogP contribution < -0.4 is 10.5 Å². The van der Waals surface area contributed by atoms with Gasteiger partial charge >= 0.3 is 0 Å². The van der Waals surface area contributed by atoms with Gasteiger partial charge in [0.2, 0.25) is 11.7 Å². The van der Waals surface area contributed by atoms with Crippen LogP contribution in [0.25, 0.3) is 17.3 Å². The number of benzene rings is 2. The van der Waals surface area contributed by atoms with Gasteiger partial charge in [-0.3, -0.25) is 9.36 Å². The highest BCUT2D eigenvalue weighted by Gasteiger charge is 2.18. The first-order valence-corrected chi connectivity index (χ1v) is 10.3. The minimum absolute atomic E-state index is 0.0669. The van der Waals surface area contributed by atoms with Crippen molar-refractivity contribution in [1.82, 2.24) is 14.8 Å². The molecule has 2 aromatic heterocycles. The number of nitrogens with two attached hydrogens (primary N) is 1. The van der Waals surface area contributed by atoms with E-state index in [0.717, 1.165) is 23.1 Å². The van der Waals surface area contributed by atoms with E-state index in [1.807, 2.05) is 24.3 Å². The minimum atomic E-state index is -0.460. The Morgan fingerprint density at radius 1 is 1.22 bits per heavy atom. The first-order valence-electron chi connectivity index (χ1n) is 9.32. The lowest BCUT2D eigenvalue weighted by atomic mass is 10.2. The van der Waals surface area contributed by atoms with E-state index >= 15 is 0 Å². The van der Waals surface area contributed by atoms with E-state index in [2.05, 4.69) is 10.2 Å². The summed E-state index contributed by atoms with van der Waals surface area (Å²) in [5.41, 5.74) is 6.68. The second kappa shape index (κ2) is 10.9. The number of nitrogens with zero attached hydrogens (tertiary/aromatic N) is 3. The molecular weight excluding hydrogens is 433 g/mol. The Bertz CT molecular complexity index is 1180. The third-order valence-corrected chi connectivity index (χ3v) is 5.02. The zero-order valence-electron chi connectivity index (χ0n) is 17.1. The maximum absolute atomic E-state index is 13.1. The normalized spacial score (nSPS) is 10.2. The summed E-state index contributed by atoms with van der Waals surface area (Å²) in [4.78, 5) is 11.0. The van der Waals surface area contributed by atoms with Crippen LogP contribution in [0.2, 0.25) is 0 Å². The summed E-state index contributed by atoms with van der Waals surface area (Å²) >= 11 is 1.15. The van der Waals surface area contributed by atoms with Crippen LogP contribution in [0.4, 0.5) is 4.39 Å². The molecule has 0 atom stereocenters. The van der Waals surface area contributed by atoms with E-state index in [9.17, 15) is 9.18 Å². The lowest BCUT2D eigenvalue weighted by Crippen LogP contribution is -2.13. The number of rotatable bonds is 7. The lowest BCUT2D eigenvalue weighted by Gasteiger charge is -2.08. The van der Waals surface area contributed by atoms with Crippen molar-refractivity contribution in [3.8, 4) is 23.0 Å². The van der Waals surface area contributed by atoms with Gasteiger partial charge in [-0.1, -0.05) is 23.9 Å². The number of carbonyl (C=O) groups excluding carboxylic acids is 1. The molecule has 2 heterocycles. The summed E-state index contributed by atoms with van der Waals surface area (Å²) in [5, 5.41) is 15.5. The summed E-state index contributed by atoms with van der Waals surface area (Å²) in [5.74, 6) is 1.03. The number of carbonyl (C=O) groups is 1. The number of methoxy groups -OCH3 is 1. The molecule has 2 aromatic carbocycles. The summed E-state index contributed by atoms with van der Waals surface area (Å²) in [6, 6.07) is 16.7. The molecule has 0 fully saturated rings. The molecule has 0 aliphatic heterocycles. The maximum atomic E-state index is 13.1. The van der Waals surface area contributed by atoms with E-state index in [1.165, 1.54) is 24.6 Å². The number of amides is 1. The molecule has 8 nitrogen and oxygen atoms in total. The number of hydrogen-bond acceptors (Lipinski definition) is 7. The highest BCUT2D eigenvalue weighted by Crippen LogP contribution is 2.28. The highest BCUT2D eigenvalue weighted by molar-refractivity contribution is 7.99. The third kappa shape index (κ3) is 5.82. The van der Waals surface area contributed by atoms with Gasteiger partial charge in [0.15, 0.2) is 10.9 Å². The Balaban J connectivity index is 0.000000243. The van der Waals surface area contributed by atoms with Gasteiger partial charge in [-0.05, 0) is 54.1 Å². The average molecular weight is 453 g/mol. The van der Waals surface area contributed by atoms with Crippen LogP contribution in [-0.4, -0.2) is 39.7 Å². The Kier molecular flexibility index (Phi) is 7.76. The summed E-state index contributed by atoms with van der Waals surface area (Å²) < 4.78 is 25.1. The van der Waals surface area contributed by atoms with Gasteiger partial charge in [0.25, 0.3) is 0 Å². The third-order valence-electron chi connectivity index (χ3n) is 4.06. The minimum Gasteiger partial charge on any atom is -0.497 e. The molecule has 164 valence electrons. The largest absolute Gasteiger partial charge is 0.497 e. The Hall–Kier alpha value is -3.92. The molecule has 0 aliphatic carbocycles. The molecule has 4 rings (SSSR count). The topological polar surface area (TPSA) is 120 Å². The lowest BCUT2D eigenvalue weighted by molar-refractivity contribution is -0.115. The Labute approximate surface area is 187 Å². The van der Waals surface area contributed by atoms with Crippen molar-refractivity contribution >= 4 is 23.9 Å². The SMILES string of the molecule is COc1cccc(C=N)c1.NC(=O)CSc1nnc(-c2ccco2)n1-c1ccc(F)cc1. The molecule has 0 aliphatic rings. The van der Waals surface area contributed by atoms with Gasteiger partial charge in [0.1, 0.15) is 11.6 Å². The van der Waals surface area contributed by atoms with Crippen molar-refractivity contribution in [2.75, 3.05) is 12.9 Å². The zero-order valence-corrected chi connectivity index (χ0v) is 17.9. The number of thioether (sulfide) groups is 1. The molecular formula is C22H20FN5O3S. The van der Waals surface area contributed by atoms with Gasteiger partial charge in [-0.25, -0.2) is 4.39 Å². The molecule has 0 radical (unpaired) electrons. The van der Waals surface area contributed by atoms with Crippen LogP contribution in [0, 0.1) is 11.2 Å². The first-order chi connectivity index (χ1) is 15.5. The second-order valence-corrected chi connectivity index (χ2v) is 7.21. The smallest absolute Gasteiger partial charge is 0.227 e. The van der Waals surface area contributed by atoms with Crippen LogP contribution in [0.5, 0.6) is 5.75 Å². The standard InChI is InChI=1S/C14H11FN4O2S.C8H9NO/c15-9-3-5-10(6-4-9)19-13(11-2-1-7-21-11)17-18-14(19)22-8-12(16)20;1-10-8-4-2-3-7(5-8)6-9/h1-7H,8H2,(H2,16,20);2-6,9H,1H3. The van der Waals surface area contributed by atoms with E-state index in [-0.39, 0.29) is 11.6 Å². The molecule has 0 saturated carbocycles. The van der Waals surface area contributed by atoms with Gasteiger partial charge in [-0.2, -0.15) is 0 Å². The fraction of sp³-hybridized carbons (Fsp3) is 0.0909. The van der Waals surface area contributed by atoms with Crippen LogP contribution in [-0.2, 0) is 4.79 Å². The van der Waals surface area contributed by atoms with Crippen LogP contribution in [0.1, 0.15) is 5.56 Å². The molecule has 0 spiro atoms. The maximum Gasteiger partial charge on any atom is 0.227 e. The van der Waals surface area contributed by atoms with E-state index in [0.29, 0.717) is 22.4 Å². The number of nitrogens with one attached hydrogen (secondary N) is 1. The predicted octanol–water partition coefficient (Wildman–Crippen LogP) is 3.94. The molecule has 32 heavy (non-hydrogen) atoms. The predicted molar refractivity (Wildman–Crippen MR) is 120 cm³/mol. The number of aromatic nitrogens is 3. The number of halogens is 1. The van der Waals surface area contributed by atoms with Crippen LogP contribution in [0.3, 0.4) is 0 Å². The molecule has 3 N–H and O–H groups in total. The second-order valence-electron chi connectivity index (χ2n) is 6.27. The van der Waals surface area contributed by atoms with E-state index < -0.39 is 5.91 Å². The highest BCUT2D eigenvalue weighted by atomic mass is 32.2. The van der Waals surface area contributed by atoms with Crippen molar-refractivity contribution in [3.63, 3.8) is 0 Å². The fourth-order valence-corrected chi connectivity index (χ4v) is 3.31. The average Bonchev–Trinajstić information content (AvgIpc) is 3.48. The number of ether oxygens (including phenoxy) is 1. The van der Waals surface area contributed by atoms with Crippen LogP contribution >= 0.6 is 11.8 Å². The van der Waals surface area contributed by atoms with E-state index in [4.69, 9.17) is 20.3 Å². The van der Waals surface area contributed by atoms with Crippen molar-refractivity contribution in [2.24, 2.45) is 5.73 Å². The number of primary amides is 1. The molecule has 1 amide bonds. The Morgan fingerprint density at radius 3 is 2.62 bits per heavy atom. The molecule has 0 saturated heterocycles. The van der Waals surface area contributed by atoms with Crippen molar-refractivity contribution in [1.29, 1.82) is 5.41 Å². The number of furan rings is 1. The molecule has 0 bridgehead atoms. The van der Waals surface area contributed by atoms with Gasteiger partial charge in [0.05, 0.1) is 24.8 Å². The van der Waals surface area contributed by atoms with Crippen molar-refractivity contribution in [2.45, 2.75) is 5.16 Å². The van der Waals surface area contributed by atoms with E-state index in [1.54, 1.807) is 35.9 Å². The quantitative estimate of drug-likeness (QED) is 0.323. The molecule has 0 unspecified atom stereocenters. The zero-order chi connectivity index (χ0) is 22.9. The van der Waals surface area contributed by atoms with Gasteiger partial charge < -0.3 is 20.3 Å². The first kappa shape index (κ1) is 22.8. The van der Waals surface area contributed by atoms with Gasteiger partial charge in [0, 0.05) is 6.21 Å². The molecule has 4 aromatic rings. The van der Waals surface area contributed by atoms with Gasteiger partial charge in [-0.15, -0.1) is 10.2 Å². The van der Waals surface area contributed by atoms with Crippen LogP contribution in [0.15, 0.2) is 76.5 Å². The van der Waals surface area contributed by atoms with Crippen molar-refractivity contribution in [3.05, 3.63) is 78.3 Å². The molecule has 10 heteroatoms. The fourth-order valence-electron chi connectivity index (χ4n) is 2.62. The van der Waals surface area contributed by atoms with Crippen molar-refractivity contribution < 1.29 is 18.3 Å². The summed E-state index contributed by atoms with van der Waals surface area (Å²) in [7, 11) is 1.61. The number of hydrogen-bond donors (Lipinski definition) is 2. The summed E-state index contributed by atoms with van der Waals surface area (Å²) in [6.07, 6.45) is 2.82. The summed E-state index contributed by atoms with van der Waals surface area (Å²) in [6.45, 7) is 0. The monoisotopic (exact) mass is 453 g/mol. The Morgan fingerprint density at radius 2 is 2.00 bits per heavy atom.